The average molecular weight is 332 g/mol. The van der Waals surface area contributed by atoms with Gasteiger partial charge in [0, 0.05) is 24.7 Å². The summed E-state index contributed by atoms with van der Waals surface area (Å²) in [5, 5.41) is 7.92. The lowest BCUT2D eigenvalue weighted by atomic mass is 9.93. The molecule has 0 aromatic carbocycles. The molecule has 1 saturated heterocycles. The van der Waals surface area contributed by atoms with Crippen molar-refractivity contribution in [2.24, 2.45) is 5.92 Å². The zero-order valence-electron chi connectivity index (χ0n) is 15.6. The van der Waals surface area contributed by atoms with E-state index in [9.17, 15) is 4.79 Å². The molecule has 3 rings (SSSR count). The highest BCUT2D eigenvalue weighted by atomic mass is 16.2. The predicted octanol–water partition coefficient (Wildman–Crippen LogP) is 2.98. The van der Waals surface area contributed by atoms with E-state index in [2.05, 4.69) is 36.8 Å². The van der Waals surface area contributed by atoms with Gasteiger partial charge >= 0.3 is 0 Å². The van der Waals surface area contributed by atoms with Crippen LogP contribution < -0.4 is 5.32 Å². The van der Waals surface area contributed by atoms with Crippen molar-refractivity contribution in [1.29, 1.82) is 0 Å². The SMILES string of the molecule is CNCCC1CCN(C(=O)c2cc(C3CC3)n(C(C)(C)C)n2)CC1. The van der Waals surface area contributed by atoms with E-state index in [1.807, 2.05) is 11.9 Å². The lowest BCUT2D eigenvalue weighted by molar-refractivity contribution is 0.0679. The normalized spacial score (nSPS) is 19.8. The van der Waals surface area contributed by atoms with Gasteiger partial charge in [-0.25, -0.2) is 0 Å². The first kappa shape index (κ1) is 17.5. The summed E-state index contributed by atoms with van der Waals surface area (Å²) in [4.78, 5) is 14.9. The Kier molecular flexibility index (Phi) is 5.00. The van der Waals surface area contributed by atoms with Crippen LogP contribution in [0.25, 0.3) is 0 Å². The number of nitrogens with zero attached hydrogens (tertiary/aromatic N) is 3. The molecule has 1 aromatic heterocycles. The van der Waals surface area contributed by atoms with Crippen LogP contribution in [0.1, 0.15) is 75.0 Å². The Labute approximate surface area is 145 Å². The molecule has 1 aliphatic heterocycles. The van der Waals surface area contributed by atoms with E-state index in [-0.39, 0.29) is 11.4 Å². The standard InChI is InChI=1S/C19H32N4O/c1-19(2,3)23-17(15-5-6-15)13-16(21-23)18(24)22-11-8-14(9-12-22)7-10-20-4/h13-15,20H,5-12H2,1-4H3. The van der Waals surface area contributed by atoms with Crippen LogP contribution in [0.2, 0.25) is 0 Å². The predicted molar refractivity (Wildman–Crippen MR) is 96.4 cm³/mol. The fraction of sp³-hybridized carbons (Fsp3) is 0.789. The van der Waals surface area contributed by atoms with Gasteiger partial charge in [0.05, 0.1) is 5.54 Å². The number of carbonyl (C=O) groups excluding carboxylic acids is 1. The molecule has 24 heavy (non-hydrogen) atoms. The fourth-order valence-corrected chi connectivity index (χ4v) is 3.64. The number of hydrogen-bond donors (Lipinski definition) is 1. The van der Waals surface area contributed by atoms with Crippen LogP contribution in [0.15, 0.2) is 6.07 Å². The molecule has 1 aromatic rings. The minimum Gasteiger partial charge on any atom is -0.337 e. The second-order valence-corrected chi connectivity index (χ2v) is 8.44. The summed E-state index contributed by atoms with van der Waals surface area (Å²) in [6.07, 6.45) is 5.90. The zero-order valence-corrected chi connectivity index (χ0v) is 15.6. The molecular weight excluding hydrogens is 300 g/mol. The van der Waals surface area contributed by atoms with Gasteiger partial charge < -0.3 is 10.2 Å². The Morgan fingerprint density at radius 2 is 1.92 bits per heavy atom. The van der Waals surface area contributed by atoms with Gasteiger partial charge in [0.1, 0.15) is 0 Å². The quantitative estimate of drug-likeness (QED) is 0.902. The molecule has 0 radical (unpaired) electrons. The van der Waals surface area contributed by atoms with E-state index in [1.54, 1.807) is 0 Å². The van der Waals surface area contributed by atoms with Crippen molar-refractivity contribution in [2.75, 3.05) is 26.7 Å². The molecule has 0 unspecified atom stereocenters. The smallest absolute Gasteiger partial charge is 0.274 e. The third kappa shape index (κ3) is 3.82. The molecule has 1 N–H and O–H groups in total. The fourth-order valence-electron chi connectivity index (χ4n) is 3.64. The molecule has 2 fully saturated rings. The number of amides is 1. The largest absolute Gasteiger partial charge is 0.337 e. The van der Waals surface area contributed by atoms with Crippen LogP contribution in [-0.2, 0) is 5.54 Å². The molecule has 0 spiro atoms. The number of hydrogen-bond acceptors (Lipinski definition) is 3. The van der Waals surface area contributed by atoms with Crippen LogP contribution in [0, 0.1) is 5.92 Å². The second kappa shape index (κ2) is 6.87. The lowest BCUT2D eigenvalue weighted by Crippen LogP contribution is -2.39. The van der Waals surface area contributed by atoms with Crippen LogP contribution >= 0.6 is 0 Å². The van der Waals surface area contributed by atoms with Crippen molar-refractivity contribution < 1.29 is 4.79 Å². The summed E-state index contributed by atoms with van der Waals surface area (Å²) in [6.45, 7) is 9.29. The monoisotopic (exact) mass is 332 g/mol. The first-order valence-electron chi connectivity index (χ1n) is 9.44. The maximum absolute atomic E-state index is 12.9. The van der Waals surface area contributed by atoms with Crippen molar-refractivity contribution in [1.82, 2.24) is 20.0 Å². The minimum atomic E-state index is -0.0728. The Morgan fingerprint density at radius 1 is 1.25 bits per heavy atom. The Morgan fingerprint density at radius 3 is 2.46 bits per heavy atom. The highest BCUT2D eigenvalue weighted by Crippen LogP contribution is 2.41. The van der Waals surface area contributed by atoms with Gasteiger partial charge in [-0.2, -0.15) is 5.10 Å². The number of piperidine rings is 1. The van der Waals surface area contributed by atoms with Crippen LogP contribution in [0.3, 0.4) is 0 Å². The van der Waals surface area contributed by atoms with E-state index in [0.717, 1.165) is 38.4 Å². The Bertz CT molecular complexity index is 575. The third-order valence-corrected chi connectivity index (χ3v) is 5.29. The molecule has 5 heteroatoms. The highest BCUT2D eigenvalue weighted by molar-refractivity contribution is 5.92. The summed E-state index contributed by atoms with van der Waals surface area (Å²) >= 11 is 0. The minimum absolute atomic E-state index is 0.0728. The van der Waals surface area contributed by atoms with Crippen LogP contribution in [0.5, 0.6) is 0 Å². The van der Waals surface area contributed by atoms with Crippen molar-refractivity contribution >= 4 is 5.91 Å². The summed E-state index contributed by atoms with van der Waals surface area (Å²) < 4.78 is 2.08. The van der Waals surface area contributed by atoms with E-state index >= 15 is 0 Å². The number of aromatic nitrogens is 2. The van der Waals surface area contributed by atoms with E-state index in [1.165, 1.54) is 25.0 Å². The molecule has 5 nitrogen and oxygen atoms in total. The Hall–Kier alpha value is -1.36. The summed E-state index contributed by atoms with van der Waals surface area (Å²) in [5.74, 6) is 1.47. The van der Waals surface area contributed by atoms with Crippen LogP contribution in [-0.4, -0.2) is 47.3 Å². The van der Waals surface area contributed by atoms with Crippen LogP contribution in [0.4, 0.5) is 0 Å². The average Bonchev–Trinajstić information content (AvgIpc) is 3.29. The van der Waals surface area contributed by atoms with Gasteiger partial charge in [-0.1, -0.05) is 0 Å². The van der Waals surface area contributed by atoms with Gasteiger partial charge in [-0.05, 0) is 78.5 Å². The number of nitrogens with one attached hydrogen (secondary N) is 1. The first-order valence-corrected chi connectivity index (χ1v) is 9.44. The molecule has 1 aliphatic carbocycles. The molecule has 1 amide bonds. The zero-order chi connectivity index (χ0) is 17.3. The van der Waals surface area contributed by atoms with Gasteiger partial charge in [0.15, 0.2) is 5.69 Å². The maximum atomic E-state index is 12.9. The van der Waals surface area contributed by atoms with Crippen molar-refractivity contribution in [3.05, 3.63) is 17.5 Å². The second-order valence-electron chi connectivity index (χ2n) is 8.44. The lowest BCUT2D eigenvalue weighted by Gasteiger charge is -2.31. The van der Waals surface area contributed by atoms with Gasteiger partial charge in [-0.3, -0.25) is 9.48 Å². The van der Waals surface area contributed by atoms with Crippen molar-refractivity contribution in [3.8, 4) is 0 Å². The molecule has 134 valence electrons. The molecule has 0 bridgehead atoms. The molecule has 2 aliphatic rings. The molecule has 2 heterocycles. The number of carbonyl (C=O) groups is 1. The van der Waals surface area contributed by atoms with Gasteiger partial charge in [-0.15, -0.1) is 0 Å². The number of likely N-dealkylation sites (tertiary alicyclic amines) is 1. The highest BCUT2D eigenvalue weighted by Gasteiger charge is 2.33. The Balaban J connectivity index is 1.68. The summed E-state index contributed by atoms with van der Waals surface area (Å²) in [6, 6.07) is 2.05. The van der Waals surface area contributed by atoms with Crippen molar-refractivity contribution in [3.63, 3.8) is 0 Å². The van der Waals surface area contributed by atoms with Crippen molar-refractivity contribution in [2.45, 2.75) is 64.3 Å². The first-order chi connectivity index (χ1) is 11.4. The topological polar surface area (TPSA) is 50.2 Å². The third-order valence-electron chi connectivity index (χ3n) is 5.29. The van der Waals surface area contributed by atoms with E-state index < -0.39 is 0 Å². The van der Waals surface area contributed by atoms with E-state index in [0.29, 0.717) is 11.6 Å². The number of rotatable bonds is 5. The molecular formula is C19H32N4O. The molecule has 0 atom stereocenters. The van der Waals surface area contributed by atoms with Gasteiger partial charge in [0.2, 0.25) is 0 Å². The maximum Gasteiger partial charge on any atom is 0.274 e. The summed E-state index contributed by atoms with van der Waals surface area (Å²) in [5.41, 5.74) is 1.81. The molecule has 1 saturated carbocycles. The van der Waals surface area contributed by atoms with E-state index in [4.69, 9.17) is 5.10 Å². The van der Waals surface area contributed by atoms with Gasteiger partial charge in [0.25, 0.3) is 5.91 Å². The summed E-state index contributed by atoms with van der Waals surface area (Å²) in [7, 11) is 2.00.